The van der Waals surface area contributed by atoms with Crippen molar-refractivity contribution in [3.05, 3.63) is 16.5 Å². The summed E-state index contributed by atoms with van der Waals surface area (Å²) in [5.74, 6) is 2.98. The third-order valence-electron chi connectivity index (χ3n) is 1.25. The summed E-state index contributed by atoms with van der Waals surface area (Å²) >= 11 is 5.25. The molecule has 1 aromatic rings. The van der Waals surface area contributed by atoms with Gasteiger partial charge in [0.2, 0.25) is 5.91 Å². The number of carbonyl (C=O) groups is 1. The summed E-state index contributed by atoms with van der Waals surface area (Å²) in [7, 11) is 1.34. The highest BCUT2D eigenvalue weighted by Crippen LogP contribution is 2.14. The van der Waals surface area contributed by atoms with Crippen LogP contribution in [0.3, 0.4) is 0 Å². The van der Waals surface area contributed by atoms with Crippen LogP contribution in [0.2, 0.25) is 0 Å². The first-order valence-corrected chi connectivity index (χ1v) is 7.87. The zero-order valence-corrected chi connectivity index (χ0v) is 12.1. The Kier molecular flexibility index (Phi) is 5.35. The van der Waals surface area contributed by atoms with Crippen LogP contribution in [-0.4, -0.2) is 15.9 Å². The van der Waals surface area contributed by atoms with E-state index in [1.165, 1.54) is 22.1 Å². The molecule has 0 spiro atoms. The van der Waals surface area contributed by atoms with Crippen LogP contribution < -0.4 is 5.32 Å². The molecule has 0 aliphatic rings. The number of hydrogen-bond donors (Lipinski definition) is 1. The van der Waals surface area contributed by atoms with Crippen LogP contribution in [0.1, 0.15) is 12.6 Å². The molecule has 15 heavy (non-hydrogen) atoms. The van der Waals surface area contributed by atoms with Gasteiger partial charge in [-0.05, 0) is 36.0 Å². The van der Waals surface area contributed by atoms with E-state index in [1.807, 2.05) is 0 Å². The zero-order chi connectivity index (χ0) is 11.3. The topological polar surface area (TPSA) is 54.9 Å². The van der Waals surface area contributed by atoms with Crippen LogP contribution in [0.4, 0.5) is 5.82 Å². The number of anilines is 1. The molecular formula is C8H5BrIN3OS. The molecule has 0 aromatic carbocycles. The molecule has 7 heteroatoms. The van der Waals surface area contributed by atoms with Crippen molar-refractivity contribution in [2.75, 3.05) is 5.32 Å². The van der Waals surface area contributed by atoms with Gasteiger partial charge in [-0.25, -0.2) is 9.97 Å². The van der Waals surface area contributed by atoms with E-state index in [9.17, 15) is 4.79 Å². The maximum Gasteiger partial charge on any atom is 0.222 e. The first-order chi connectivity index (χ1) is 7.13. The van der Waals surface area contributed by atoms with Gasteiger partial charge in [-0.15, -0.1) is 0 Å². The first kappa shape index (κ1) is 12.7. The van der Waals surface area contributed by atoms with Gasteiger partial charge < -0.3 is 5.32 Å². The van der Waals surface area contributed by atoms with E-state index < -0.39 is 0 Å². The second-order valence-electron chi connectivity index (χ2n) is 2.38. The summed E-state index contributed by atoms with van der Waals surface area (Å²) in [5, 5.41) is 5.35. The summed E-state index contributed by atoms with van der Waals surface area (Å²) < 4.78 is 0.583. The van der Waals surface area contributed by atoms with Crippen molar-refractivity contribution < 1.29 is 4.79 Å². The average Bonchev–Trinajstić information content (AvgIpc) is 2.18. The monoisotopic (exact) mass is 397 g/mol. The number of halogens is 2. The van der Waals surface area contributed by atoms with Gasteiger partial charge in [-0.1, -0.05) is 0 Å². The Balaban J connectivity index is 3.08. The second-order valence-corrected chi connectivity index (χ2v) is 4.87. The summed E-state index contributed by atoms with van der Waals surface area (Å²) in [4.78, 5) is 19.0. The maximum atomic E-state index is 10.9. The van der Waals surface area contributed by atoms with Crippen molar-refractivity contribution >= 4 is 57.8 Å². The van der Waals surface area contributed by atoms with Crippen molar-refractivity contribution in [2.24, 2.45) is 0 Å². The van der Waals surface area contributed by atoms with Crippen LogP contribution in [0, 0.1) is 11.2 Å². The van der Waals surface area contributed by atoms with Gasteiger partial charge in [0.1, 0.15) is 4.60 Å². The predicted octanol–water partition coefficient (Wildman–Crippen LogP) is 2.59. The van der Waals surface area contributed by atoms with Crippen molar-refractivity contribution in [1.29, 1.82) is 0 Å². The molecular weight excluding hydrogens is 393 g/mol. The van der Waals surface area contributed by atoms with E-state index in [0.29, 0.717) is 16.1 Å². The average molecular weight is 398 g/mol. The number of rotatable bonds is 1. The van der Waals surface area contributed by atoms with E-state index in [2.05, 4.69) is 63.6 Å². The molecule has 1 N–H and O–H groups in total. The molecule has 0 bridgehead atoms. The quantitative estimate of drug-likeness (QED) is 0.584. The van der Waals surface area contributed by atoms with E-state index in [0.717, 1.165) is 0 Å². The summed E-state index contributed by atoms with van der Waals surface area (Å²) in [6.07, 6.45) is 1.51. The van der Waals surface area contributed by atoms with Gasteiger partial charge in [0.05, 0.1) is 6.20 Å². The lowest BCUT2D eigenvalue weighted by atomic mass is 10.4. The molecule has 0 atom stereocenters. The standard InChI is InChI=1S/C8H5BrIN3OS/c1-5(14)12-8-6(2-3-15-10)13-7(9)4-11-8/h4H,1H3,(H,11,12,14). The third kappa shape index (κ3) is 4.36. The van der Waals surface area contributed by atoms with Crippen molar-refractivity contribution in [3.8, 4) is 11.2 Å². The smallest absolute Gasteiger partial charge is 0.222 e. The van der Waals surface area contributed by atoms with Crippen molar-refractivity contribution in [1.82, 2.24) is 9.97 Å². The molecule has 78 valence electrons. The van der Waals surface area contributed by atoms with E-state index in [4.69, 9.17) is 0 Å². The van der Waals surface area contributed by atoms with Crippen LogP contribution in [0.5, 0.6) is 0 Å². The second kappa shape index (κ2) is 6.30. The molecule has 1 heterocycles. The molecule has 1 amide bonds. The van der Waals surface area contributed by atoms with Crippen LogP contribution in [0.25, 0.3) is 0 Å². The highest BCUT2D eigenvalue weighted by molar-refractivity contribution is 14.2. The Bertz CT molecular complexity index is 443. The van der Waals surface area contributed by atoms with Gasteiger partial charge in [0.15, 0.2) is 11.5 Å². The fourth-order valence-electron chi connectivity index (χ4n) is 0.781. The van der Waals surface area contributed by atoms with E-state index in [1.54, 1.807) is 0 Å². The third-order valence-corrected chi connectivity index (χ3v) is 2.47. The van der Waals surface area contributed by atoms with Gasteiger partial charge >= 0.3 is 0 Å². The molecule has 0 saturated heterocycles. The highest BCUT2D eigenvalue weighted by Gasteiger charge is 2.05. The molecule has 0 saturated carbocycles. The Morgan fingerprint density at radius 3 is 3.07 bits per heavy atom. The SMILES string of the molecule is CC(=O)Nc1ncc(Br)nc1C#CSI. The fourth-order valence-corrected chi connectivity index (χ4v) is 1.53. The Labute approximate surface area is 112 Å². The van der Waals surface area contributed by atoms with Crippen molar-refractivity contribution in [3.63, 3.8) is 0 Å². The molecule has 1 rings (SSSR count). The highest BCUT2D eigenvalue weighted by atomic mass is 127. The fraction of sp³-hybridized carbons (Fsp3) is 0.125. The lowest BCUT2D eigenvalue weighted by molar-refractivity contribution is -0.114. The minimum atomic E-state index is -0.197. The molecule has 0 radical (unpaired) electrons. The Morgan fingerprint density at radius 2 is 2.47 bits per heavy atom. The minimum Gasteiger partial charge on any atom is -0.309 e. The predicted molar refractivity (Wildman–Crippen MR) is 72.5 cm³/mol. The van der Waals surface area contributed by atoms with Gasteiger partial charge in [0.25, 0.3) is 0 Å². The van der Waals surface area contributed by atoms with Crippen LogP contribution in [0.15, 0.2) is 10.8 Å². The van der Waals surface area contributed by atoms with Crippen molar-refractivity contribution in [2.45, 2.75) is 6.92 Å². The van der Waals surface area contributed by atoms with Crippen LogP contribution in [-0.2, 0) is 4.79 Å². The maximum absolute atomic E-state index is 10.9. The number of amides is 1. The zero-order valence-electron chi connectivity index (χ0n) is 7.54. The molecule has 0 aliphatic carbocycles. The van der Waals surface area contributed by atoms with Gasteiger partial charge in [-0.2, -0.15) is 0 Å². The number of nitrogens with one attached hydrogen (secondary N) is 1. The molecule has 0 unspecified atom stereocenters. The summed E-state index contributed by atoms with van der Waals surface area (Å²) in [5.41, 5.74) is 0.448. The van der Waals surface area contributed by atoms with Gasteiger partial charge in [-0.3, -0.25) is 4.79 Å². The largest absolute Gasteiger partial charge is 0.309 e. The van der Waals surface area contributed by atoms with Gasteiger partial charge in [0, 0.05) is 28.1 Å². The Hall–Kier alpha value is -0.330. The summed E-state index contributed by atoms with van der Waals surface area (Å²) in [6, 6.07) is 0. The molecule has 0 aliphatic heterocycles. The lowest BCUT2D eigenvalue weighted by Crippen LogP contribution is -2.10. The van der Waals surface area contributed by atoms with Crippen LogP contribution >= 0.6 is 46.1 Å². The lowest BCUT2D eigenvalue weighted by Gasteiger charge is -2.02. The Morgan fingerprint density at radius 1 is 1.73 bits per heavy atom. The minimum absolute atomic E-state index is 0.197. The van der Waals surface area contributed by atoms with E-state index in [-0.39, 0.29) is 5.91 Å². The van der Waals surface area contributed by atoms with E-state index >= 15 is 0 Å². The number of aromatic nitrogens is 2. The molecule has 4 nitrogen and oxygen atoms in total. The molecule has 0 fully saturated rings. The first-order valence-electron chi connectivity index (χ1n) is 3.72. The number of hydrogen-bond acceptors (Lipinski definition) is 4. The number of carbonyl (C=O) groups excluding carboxylic acids is 1. The normalized spacial score (nSPS) is 9.00. The summed E-state index contributed by atoms with van der Waals surface area (Å²) in [6.45, 7) is 1.41. The number of nitrogens with zero attached hydrogens (tertiary/aromatic N) is 2. The molecule has 1 aromatic heterocycles.